The van der Waals surface area contributed by atoms with Gasteiger partial charge < -0.3 is 14.7 Å². The summed E-state index contributed by atoms with van der Waals surface area (Å²) in [6.07, 6.45) is 6.54. The van der Waals surface area contributed by atoms with Crippen LogP contribution in [0.1, 0.15) is 53.5 Å². The van der Waals surface area contributed by atoms with Crippen LogP contribution >= 0.6 is 11.8 Å². The Bertz CT molecular complexity index is 1580. The van der Waals surface area contributed by atoms with Crippen molar-refractivity contribution in [2.45, 2.75) is 42.5 Å². The average molecular weight is 538 g/mol. The van der Waals surface area contributed by atoms with Crippen molar-refractivity contribution in [2.24, 2.45) is 0 Å². The first kappa shape index (κ1) is 24.5. The van der Waals surface area contributed by atoms with E-state index in [0.29, 0.717) is 18.4 Å². The van der Waals surface area contributed by atoms with Crippen molar-refractivity contribution in [1.29, 1.82) is 0 Å². The van der Waals surface area contributed by atoms with E-state index in [1.165, 1.54) is 28.7 Å². The van der Waals surface area contributed by atoms with Crippen LogP contribution in [0.3, 0.4) is 0 Å². The van der Waals surface area contributed by atoms with E-state index in [2.05, 4.69) is 0 Å². The molecule has 1 spiro atoms. The van der Waals surface area contributed by atoms with Crippen molar-refractivity contribution in [3.8, 4) is 11.5 Å². The van der Waals surface area contributed by atoms with E-state index < -0.39 is 40.3 Å². The minimum atomic E-state index is -0.992. The Hall–Kier alpha value is -3.79. The molecule has 0 radical (unpaired) electrons. The molecule has 7 rings (SSSR count). The number of fused-ring (bicyclic) bond motifs is 8. The highest BCUT2D eigenvalue weighted by Gasteiger charge is 2.53. The number of hydrogen-bond donors (Lipinski definition) is 1. The smallest absolute Gasteiger partial charge is 0.278 e. The highest BCUT2D eigenvalue weighted by molar-refractivity contribution is 7.98. The molecule has 0 unspecified atom stereocenters. The quantitative estimate of drug-likeness (QED) is 0.420. The van der Waals surface area contributed by atoms with Crippen molar-refractivity contribution < 1.29 is 23.4 Å². The van der Waals surface area contributed by atoms with Gasteiger partial charge in [-0.25, -0.2) is 8.78 Å². The summed E-state index contributed by atoms with van der Waals surface area (Å²) in [4.78, 5) is 28.7. The number of thioether (sulfide) groups is 1. The van der Waals surface area contributed by atoms with Crippen LogP contribution in [0.5, 0.6) is 11.5 Å². The van der Waals surface area contributed by atoms with Gasteiger partial charge in [0, 0.05) is 40.1 Å². The summed E-state index contributed by atoms with van der Waals surface area (Å²) < 4.78 is 37.7. The van der Waals surface area contributed by atoms with Gasteiger partial charge >= 0.3 is 0 Å². The molecule has 2 aromatic carbocycles. The molecule has 3 aromatic rings. The van der Waals surface area contributed by atoms with Gasteiger partial charge in [-0.15, -0.1) is 11.8 Å². The number of aromatic hydroxyl groups is 1. The molecule has 1 atom stereocenters. The zero-order valence-corrected chi connectivity index (χ0v) is 20.3. The van der Waals surface area contributed by atoms with E-state index >= 15 is 4.39 Å². The summed E-state index contributed by atoms with van der Waals surface area (Å²) in [6.45, 7) is 0.207. The van der Waals surface area contributed by atoms with Gasteiger partial charge in [0.15, 0.2) is 23.1 Å². The van der Waals surface area contributed by atoms with Crippen LogP contribution in [0.25, 0.3) is 0 Å². The molecule has 1 amide bonds. The van der Waals surface area contributed by atoms with Crippen molar-refractivity contribution in [3.63, 3.8) is 0 Å². The molecule has 1 fully saturated rings. The third-order valence-electron chi connectivity index (χ3n) is 7.61. The molecule has 4 heterocycles. The largest absolute Gasteiger partial charge is 0.502 e. The molecule has 4 aliphatic rings. The fourth-order valence-corrected chi connectivity index (χ4v) is 6.73. The van der Waals surface area contributed by atoms with Crippen LogP contribution in [-0.2, 0) is 5.75 Å². The number of ether oxygens (including phenoxy) is 1. The Morgan fingerprint density at radius 3 is 2.71 bits per heavy atom. The Balaban J connectivity index is 0.00000264. The second-order valence-electron chi connectivity index (χ2n) is 9.64. The van der Waals surface area contributed by atoms with E-state index in [0.717, 1.165) is 16.5 Å². The molecule has 1 aliphatic carbocycles. The van der Waals surface area contributed by atoms with Gasteiger partial charge in [-0.05, 0) is 30.5 Å². The molecule has 38 heavy (non-hydrogen) atoms. The third-order valence-corrected chi connectivity index (χ3v) is 8.72. The normalized spacial score (nSPS) is 21.1. The standard InChI is InChI=1S/C27H21F2N3O4S.CH4/c28-17-12-19-21-16(22(17)29)13-37-20-5-2-1-4-15(20)23(21)32-14-30(27(8-9-27)7-3-11-36-19)26(35)24-25(34)18(33)6-10-31(24)32;/h1-7,10,12,23,34H,8-9,11,13-14H2;1H4/b7-3+;/t23-;/m0./s1. The van der Waals surface area contributed by atoms with Gasteiger partial charge in [0.2, 0.25) is 5.43 Å². The van der Waals surface area contributed by atoms with Gasteiger partial charge in [0.25, 0.3) is 5.91 Å². The maximum absolute atomic E-state index is 15.4. The molecule has 1 N–H and O–H groups in total. The lowest BCUT2D eigenvalue weighted by Gasteiger charge is -2.46. The molecule has 10 heteroatoms. The number of benzene rings is 2. The predicted molar refractivity (Wildman–Crippen MR) is 139 cm³/mol. The van der Waals surface area contributed by atoms with Crippen LogP contribution in [0.2, 0.25) is 0 Å². The van der Waals surface area contributed by atoms with Crippen LogP contribution in [0, 0.1) is 11.6 Å². The lowest BCUT2D eigenvalue weighted by Crippen LogP contribution is -2.58. The topological polar surface area (TPSA) is 75.0 Å². The molecule has 0 saturated heterocycles. The zero-order valence-electron chi connectivity index (χ0n) is 19.5. The number of rotatable bonds is 0. The fourth-order valence-electron chi connectivity index (χ4n) is 5.63. The number of aromatic nitrogens is 1. The summed E-state index contributed by atoms with van der Waals surface area (Å²) in [5.41, 5.74) is 0.0319. The first-order valence-corrected chi connectivity index (χ1v) is 12.9. The predicted octanol–water partition coefficient (Wildman–Crippen LogP) is 4.70. The monoisotopic (exact) mass is 537 g/mol. The van der Waals surface area contributed by atoms with Crippen LogP contribution < -0.4 is 15.2 Å². The van der Waals surface area contributed by atoms with E-state index in [1.807, 2.05) is 35.4 Å². The fraction of sp³-hybridized carbons (Fsp3) is 0.286. The van der Waals surface area contributed by atoms with Crippen LogP contribution in [0.4, 0.5) is 8.78 Å². The summed E-state index contributed by atoms with van der Waals surface area (Å²) in [7, 11) is 0. The van der Waals surface area contributed by atoms with E-state index in [4.69, 9.17) is 4.74 Å². The third kappa shape index (κ3) is 3.39. The van der Waals surface area contributed by atoms with E-state index in [-0.39, 0.29) is 43.5 Å². The second-order valence-corrected chi connectivity index (χ2v) is 10.7. The van der Waals surface area contributed by atoms with Crippen molar-refractivity contribution in [2.75, 3.05) is 18.3 Å². The molecule has 196 valence electrons. The molecule has 7 nitrogen and oxygen atoms in total. The summed E-state index contributed by atoms with van der Waals surface area (Å²) in [6, 6.07) is 9.16. The summed E-state index contributed by atoms with van der Waals surface area (Å²) >= 11 is 1.40. The summed E-state index contributed by atoms with van der Waals surface area (Å²) in [5, 5.41) is 12.6. The second kappa shape index (κ2) is 8.62. The Kier molecular flexibility index (Phi) is 5.57. The van der Waals surface area contributed by atoms with E-state index in [9.17, 15) is 19.1 Å². The minimum Gasteiger partial charge on any atom is -0.502 e. The number of nitrogens with zero attached hydrogens (tertiary/aromatic N) is 3. The van der Waals surface area contributed by atoms with Crippen molar-refractivity contribution in [3.05, 3.63) is 99.0 Å². The number of pyridine rings is 1. The number of hydrogen-bond acceptors (Lipinski definition) is 6. The Morgan fingerprint density at radius 2 is 1.92 bits per heavy atom. The van der Waals surface area contributed by atoms with E-state index in [1.54, 1.807) is 11.0 Å². The first-order chi connectivity index (χ1) is 17.9. The van der Waals surface area contributed by atoms with Crippen molar-refractivity contribution >= 4 is 17.7 Å². The molecular weight excluding hydrogens is 512 g/mol. The van der Waals surface area contributed by atoms with Crippen LogP contribution in [0.15, 0.2) is 64.4 Å². The Labute approximate surface area is 221 Å². The molecule has 2 bridgehead atoms. The first-order valence-electron chi connectivity index (χ1n) is 12.0. The molecule has 3 aliphatic heterocycles. The number of carbonyl (C=O) groups excluding carboxylic acids is 1. The number of halogens is 2. The van der Waals surface area contributed by atoms with Gasteiger partial charge in [-0.1, -0.05) is 31.7 Å². The van der Waals surface area contributed by atoms with Crippen molar-refractivity contribution in [1.82, 2.24) is 9.58 Å². The van der Waals surface area contributed by atoms with Gasteiger partial charge in [0.1, 0.15) is 25.1 Å². The maximum atomic E-state index is 15.4. The van der Waals surface area contributed by atoms with Gasteiger partial charge in [0.05, 0.1) is 5.54 Å². The SMILES string of the molecule is C.O=C1c2c(O)c(=O)ccn2N2CN1C1(/C=C/COc3cc(F)c(F)c4c3[C@@H]2c2ccccc2SC4)CC1. The van der Waals surface area contributed by atoms with Gasteiger partial charge in [-0.2, -0.15) is 0 Å². The number of amides is 1. The minimum absolute atomic E-state index is 0. The maximum Gasteiger partial charge on any atom is 0.278 e. The number of carbonyl (C=O) groups is 1. The lowest BCUT2D eigenvalue weighted by atomic mass is 9.92. The summed E-state index contributed by atoms with van der Waals surface area (Å²) in [5.74, 6) is -2.64. The van der Waals surface area contributed by atoms with Gasteiger partial charge in [-0.3, -0.25) is 19.3 Å². The molecule has 1 aromatic heterocycles. The Morgan fingerprint density at radius 1 is 1.13 bits per heavy atom. The molecular formula is C28H25F2N3O4S. The highest BCUT2D eigenvalue weighted by Crippen LogP contribution is 2.50. The zero-order chi connectivity index (χ0) is 25.5. The average Bonchev–Trinajstić information content (AvgIpc) is 3.70. The lowest BCUT2D eigenvalue weighted by molar-refractivity contribution is 0.0605. The highest BCUT2D eigenvalue weighted by atomic mass is 32.2. The van der Waals surface area contributed by atoms with Crippen LogP contribution in [-0.4, -0.2) is 39.4 Å². The molecule has 1 saturated carbocycles.